The molecule has 0 heterocycles. The third-order valence-corrected chi connectivity index (χ3v) is 3.66. The molecule has 0 aliphatic rings. The summed E-state index contributed by atoms with van der Waals surface area (Å²) in [7, 11) is 0. The normalized spacial score (nSPS) is 14.1. The first-order valence-corrected chi connectivity index (χ1v) is 8.53. The first-order valence-electron chi connectivity index (χ1n) is 8.53. The van der Waals surface area contributed by atoms with Crippen molar-refractivity contribution in [2.45, 2.75) is 74.1 Å². The summed E-state index contributed by atoms with van der Waals surface area (Å²) < 4.78 is 0. The Hall–Kier alpha value is -0.0400. The molecule has 0 amide bonds. The molecule has 0 radical (unpaired) electrons. The molecular formula is C18H39N. The van der Waals surface area contributed by atoms with E-state index in [-0.39, 0.29) is 0 Å². The van der Waals surface area contributed by atoms with Gasteiger partial charge in [0.15, 0.2) is 0 Å². The average molecular weight is 270 g/mol. The van der Waals surface area contributed by atoms with Crippen LogP contribution in [0, 0.1) is 23.7 Å². The van der Waals surface area contributed by atoms with Gasteiger partial charge in [0.2, 0.25) is 0 Å². The Morgan fingerprint density at radius 1 is 0.632 bits per heavy atom. The van der Waals surface area contributed by atoms with Crippen LogP contribution in [0.5, 0.6) is 0 Å². The zero-order chi connectivity index (χ0) is 14.8. The Morgan fingerprint density at radius 2 is 1.16 bits per heavy atom. The first-order chi connectivity index (χ1) is 8.81. The van der Waals surface area contributed by atoms with E-state index in [1.54, 1.807) is 0 Å². The molecule has 1 unspecified atom stereocenters. The van der Waals surface area contributed by atoms with Crippen LogP contribution in [0.3, 0.4) is 0 Å². The Balaban J connectivity index is 3.88. The van der Waals surface area contributed by atoms with Crippen molar-refractivity contribution < 1.29 is 0 Å². The van der Waals surface area contributed by atoms with Gasteiger partial charge in [0.25, 0.3) is 0 Å². The van der Waals surface area contributed by atoms with Gasteiger partial charge in [0.1, 0.15) is 0 Å². The van der Waals surface area contributed by atoms with Crippen molar-refractivity contribution in [2.75, 3.05) is 19.6 Å². The van der Waals surface area contributed by atoms with Crippen molar-refractivity contribution in [3.8, 4) is 0 Å². The van der Waals surface area contributed by atoms with E-state index < -0.39 is 0 Å². The van der Waals surface area contributed by atoms with Crippen molar-refractivity contribution in [3.05, 3.63) is 0 Å². The van der Waals surface area contributed by atoms with Crippen LogP contribution in [0.4, 0.5) is 0 Å². The van der Waals surface area contributed by atoms with Crippen molar-refractivity contribution >= 4 is 0 Å². The van der Waals surface area contributed by atoms with Crippen molar-refractivity contribution in [1.82, 2.24) is 4.90 Å². The van der Waals surface area contributed by atoms with Gasteiger partial charge in [-0.15, -0.1) is 0 Å². The largest absolute Gasteiger partial charge is 0.303 e. The van der Waals surface area contributed by atoms with E-state index in [0.717, 1.165) is 23.7 Å². The summed E-state index contributed by atoms with van der Waals surface area (Å²) in [5.41, 5.74) is 0. The molecule has 0 aliphatic heterocycles. The molecule has 0 aliphatic carbocycles. The van der Waals surface area contributed by atoms with Crippen molar-refractivity contribution in [2.24, 2.45) is 23.7 Å². The minimum atomic E-state index is 0.787. The molecule has 0 saturated heterocycles. The van der Waals surface area contributed by atoms with Gasteiger partial charge in [-0.2, -0.15) is 0 Å². The average Bonchev–Trinajstić information content (AvgIpc) is 2.23. The maximum absolute atomic E-state index is 2.67. The van der Waals surface area contributed by atoms with Gasteiger partial charge < -0.3 is 4.90 Å². The molecule has 0 bridgehead atoms. The van der Waals surface area contributed by atoms with E-state index in [1.165, 1.54) is 45.3 Å². The lowest BCUT2D eigenvalue weighted by Gasteiger charge is -2.27. The number of hydrogen-bond donors (Lipinski definition) is 0. The van der Waals surface area contributed by atoms with Crippen LogP contribution < -0.4 is 0 Å². The van der Waals surface area contributed by atoms with Gasteiger partial charge in [-0.3, -0.25) is 0 Å². The smallest absolute Gasteiger partial charge is 0.000450 e. The molecule has 0 N–H and O–H groups in total. The summed E-state index contributed by atoms with van der Waals surface area (Å²) in [6.45, 7) is 20.2. The minimum absolute atomic E-state index is 0.787. The molecule has 0 saturated carbocycles. The minimum Gasteiger partial charge on any atom is -0.303 e. The van der Waals surface area contributed by atoms with Crippen LogP contribution in [0.1, 0.15) is 74.1 Å². The molecule has 1 atom stereocenters. The standard InChI is InChI=1S/C18H39N/c1-15(2)9-8-10-18(7)11-12-19(13-16(3)4)14-17(5)6/h15-18H,8-14H2,1-7H3. The number of hydrogen-bond acceptors (Lipinski definition) is 1. The molecule has 116 valence electrons. The molecule has 0 aromatic heterocycles. The highest BCUT2D eigenvalue weighted by Gasteiger charge is 2.11. The summed E-state index contributed by atoms with van der Waals surface area (Å²) in [5.74, 6) is 3.33. The molecule has 0 spiro atoms. The van der Waals surface area contributed by atoms with Crippen molar-refractivity contribution in [1.29, 1.82) is 0 Å². The topological polar surface area (TPSA) is 3.24 Å². The molecule has 0 fully saturated rings. The molecule has 1 nitrogen and oxygen atoms in total. The summed E-state index contributed by atoms with van der Waals surface area (Å²) >= 11 is 0. The van der Waals surface area contributed by atoms with Crippen LogP contribution in [-0.4, -0.2) is 24.5 Å². The highest BCUT2D eigenvalue weighted by Crippen LogP contribution is 2.16. The fourth-order valence-electron chi connectivity index (χ4n) is 2.71. The molecule has 19 heavy (non-hydrogen) atoms. The highest BCUT2D eigenvalue weighted by atomic mass is 15.1. The summed E-state index contributed by atoms with van der Waals surface area (Å²) in [4.78, 5) is 2.67. The molecule has 1 heteroatoms. The second-order valence-corrected chi connectivity index (χ2v) is 7.77. The van der Waals surface area contributed by atoms with Gasteiger partial charge in [0.05, 0.1) is 0 Å². The van der Waals surface area contributed by atoms with E-state index in [4.69, 9.17) is 0 Å². The zero-order valence-electron chi connectivity index (χ0n) is 14.7. The third kappa shape index (κ3) is 12.7. The van der Waals surface area contributed by atoms with Crippen molar-refractivity contribution in [3.63, 3.8) is 0 Å². The third-order valence-electron chi connectivity index (χ3n) is 3.66. The second kappa shape index (κ2) is 10.7. The Labute approximate surface area is 123 Å². The summed E-state index contributed by atoms with van der Waals surface area (Å²) in [6.07, 6.45) is 5.59. The van der Waals surface area contributed by atoms with Crippen LogP contribution in [0.15, 0.2) is 0 Å². The van der Waals surface area contributed by atoms with E-state index in [2.05, 4.69) is 53.4 Å². The van der Waals surface area contributed by atoms with E-state index in [1.807, 2.05) is 0 Å². The van der Waals surface area contributed by atoms with Gasteiger partial charge >= 0.3 is 0 Å². The van der Waals surface area contributed by atoms with Crippen LogP contribution in [-0.2, 0) is 0 Å². The highest BCUT2D eigenvalue weighted by molar-refractivity contribution is 4.65. The Bertz CT molecular complexity index is 186. The van der Waals surface area contributed by atoms with E-state index in [9.17, 15) is 0 Å². The molecule has 0 aromatic carbocycles. The zero-order valence-corrected chi connectivity index (χ0v) is 14.7. The Kier molecular flexibility index (Phi) is 10.7. The van der Waals surface area contributed by atoms with Crippen LogP contribution in [0.25, 0.3) is 0 Å². The van der Waals surface area contributed by atoms with Crippen LogP contribution >= 0.6 is 0 Å². The monoisotopic (exact) mass is 269 g/mol. The van der Waals surface area contributed by atoms with Gasteiger partial charge in [-0.1, -0.05) is 67.7 Å². The van der Waals surface area contributed by atoms with E-state index >= 15 is 0 Å². The van der Waals surface area contributed by atoms with Crippen LogP contribution in [0.2, 0.25) is 0 Å². The maximum atomic E-state index is 2.67. The van der Waals surface area contributed by atoms with Gasteiger partial charge in [-0.25, -0.2) is 0 Å². The first kappa shape index (κ1) is 19.0. The van der Waals surface area contributed by atoms with E-state index in [0.29, 0.717) is 0 Å². The SMILES string of the molecule is CC(C)CCCC(C)CCN(CC(C)C)CC(C)C. The lowest BCUT2D eigenvalue weighted by Crippen LogP contribution is -2.33. The Morgan fingerprint density at radius 3 is 1.58 bits per heavy atom. The molecule has 0 rings (SSSR count). The molecule has 0 aromatic rings. The van der Waals surface area contributed by atoms with Gasteiger partial charge in [0, 0.05) is 13.1 Å². The lowest BCUT2D eigenvalue weighted by atomic mass is 9.97. The maximum Gasteiger partial charge on any atom is 0.000450 e. The lowest BCUT2D eigenvalue weighted by molar-refractivity contribution is 0.204. The summed E-state index contributed by atoms with van der Waals surface area (Å²) in [6, 6.07) is 0. The van der Waals surface area contributed by atoms with Gasteiger partial charge in [-0.05, 0) is 36.6 Å². The quantitative estimate of drug-likeness (QED) is 0.482. The predicted octanol–water partition coefficient (Wildman–Crippen LogP) is 5.45. The number of rotatable bonds is 11. The molecular weight excluding hydrogens is 230 g/mol. The second-order valence-electron chi connectivity index (χ2n) is 7.77. The summed E-state index contributed by atoms with van der Waals surface area (Å²) in [5, 5.41) is 0. The predicted molar refractivity (Wildman–Crippen MR) is 88.6 cm³/mol. The fraction of sp³-hybridized carbons (Fsp3) is 1.00. The number of nitrogens with zero attached hydrogens (tertiary/aromatic N) is 1. The fourth-order valence-corrected chi connectivity index (χ4v) is 2.71.